The molecule has 26 heavy (non-hydrogen) atoms. The van der Waals surface area contributed by atoms with Crippen molar-refractivity contribution in [1.29, 1.82) is 0 Å². The fraction of sp³-hybridized carbons (Fsp3) is 0.300. The monoisotopic (exact) mass is 349 g/mol. The Bertz CT molecular complexity index is 889. The standard InChI is InChI=1S/C20H23N5O/c1-14-18(15(2)25(23-14)17-8-6-5-7-9-17)12-20(26)24(4)16(3)19-10-11-21-13-22-19/h5-11,13,16H,12H2,1-4H3. The number of rotatable bonds is 5. The van der Waals surface area contributed by atoms with E-state index in [9.17, 15) is 4.79 Å². The smallest absolute Gasteiger partial charge is 0.227 e. The van der Waals surface area contributed by atoms with Crippen LogP contribution in [0.5, 0.6) is 0 Å². The Balaban J connectivity index is 1.80. The van der Waals surface area contributed by atoms with Gasteiger partial charge in [0.1, 0.15) is 6.33 Å². The molecule has 6 nitrogen and oxygen atoms in total. The van der Waals surface area contributed by atoms with E-state index in [0.717, 1.165) is 28.3 Å². The molecule has 6 heteroatoms. The fourth-order valence-corrected chi connectivity index (χ4v) is 2.99. The molecule has 0 aliphatic rings. The zero-order chi connectivity index (χ0) is 18.7. The van der Waals surface area contributed by atoms with Crippen molar-refractivity contribution >= 4 is 5.91 Å². The third kappa shape index (κ3) is 3.49. The molecule has 3 rings (SSSR count). The Kier molecular flexibility index (Phi) is 5.11. The van der Waals surface area contributed by atoms with Gasteiger partial charge in [0.25, 0.3) is 0 Å². The summed E-state index contributed by atoms with van der Waals surface area (Å²) in [6.07, 6.45) is 3.51. The molecule has 0 saturated heterocycles. The van der Waals surface area contributed by atoms with Gasteiger partial charge < -0.3 is 4.90 Å². The average molecular weight is 349 g/mol. The number of para-hydroxylation sites is 1. The summed E-state index contributed by atoms with van der Waals surface area (Å²) in [6, 6.07) is 11.7. The lowest BCUT2D eigenvalue weighted by Crippen LogP contribution is -2.31. The van der Waals surface area contributed by atoms with E-state index in [0.29, 0.717) is 6.42 Å². The van der Waals surface area contributed by atoms with Gasteiger partial charge in [0.05, 0.1) is 29.5 Å². The minimum absolute atomic E-state index is 0.0370. The largest absolute Gasteiger partial charge is 0.337 e. The minimum atomic E-state index is -0.115. The highest BCUT2D eigenvalue weighted by Crippen LogP contribution is 2.21. The predicted molar refractivity (Wildman–Crippen MR) is 100.0 cm³/mol. The molecule has 2 aromatic heterocycles. The van der Waals surface area contributed by atoms with Gasteiger partial charge in [0, 0.05) is 24.5 Å². The minimum Gasteiger partial charge on any atom is -0.337 e. The summed E-state index contributed by atoms with van der Waals surface area (Å²) in [4.78, 5) is 22.7. The summed E-state index contributed by atoms with van der Waals surface area (Å²) in [7, 11) is 1.81. The molecule has 0 N–H and O–H groups in total. The highest BCUT2D eigenvalue weighted by atomic mass is 16.2. The third-order valence-corrected chi connectivity index (χ3v) is 4.78. The topological polar surface area (TPSA) is 63.9 Å². The van der Waals surface area contributed by atoms with Crippen molar-refractivity contribution in [2.45, 2.75) is 33.2 Å². The maximum absolute atomic E-state index is 12.8. The molecule has 2 heterocycles. The number of aromatic nitrogens is 4. The van der Waals surface area contributed by atoms with Crippen molar-refractivity contribution in [2.24, 2.45) is 0 Å². The van der Waals surface area contributed by atoms with Crippen molar-refractivity contribution in [3.63, 3.8) is 0 Å². The van der Waals surface area contributed by atoms with Crippen molar-refractivity contribution in [1.82, 2.24) is 24.6 Å². The van der Waals surface area contributed by atoms with Crippen LogP contribution < -0.4 is 0 Å². The summed E-state index contributed by atoms with van der Waals surface area (Å²) in [5.41, 5.74) is 4.66. The van der Waals surface area contributed by atoms with Gasteiger partial charge in [-0.2, -0.15) is 5.10 Å². The van der Waals surface area contributed by atoms with Crippen LogP contribution >= 0.6 is 0 Å². The van der Waals surface area contributed by atoms with Crippen LogP contribution in [-0.4, -0.2) is 37.6 Å². The molecule has 0 saturated carbocycles. The molecule has 1 amide bonds. The quantitative estimate of drug-likeness (QED) is 0.710. The number of aryl methyl sites for hydroxylation is 1. The normalized spacial score (nSPS) is 12.0. The molecule has 1 unspecified atom stereocenters. The van der Waals surface area contributed by atoms with Gasteiger partial charge in [-0.15, -0.1) is 0 Å². The van der Waals surface area contributed by atoms with Crippen molar-refractivity contribution in [2.75, 3.05) is 7.05 Å². The van der Waals surface area contributed by atoms with E-state index < -0.39 is 0 Å². The van der Waals surface area contributed by atoms with Crippen LogP contribution in [0.15, 0.2) is 48.9 Å². The van der Waals surface area contributed by atoms with E-state index in [2.05, 4.69) is 15.1 Å². The Morgan fingerprint density at radius 2 is 1.92 bits per heavy atom. The Hall–Kier alpha value is -3.02. The molecule has 0 aliphatic carbocycles. The second-order valence-corrected chi connectivity index (χ2v) is 6.39. The van der Waals surface area contributed by atoms with Gasteiger partial charge >= 0.3 is 0 Å². The second-order valence-electron chi connectivity index (χ2n) is 6.39. The van der Waals surface area contributed by atoms with E-state index in [1.54, 1.807) is 18.1 Å². The first kappa shape index (κ1) is 17.8. The first-order chi connectivity index (χ1) is 12.5. The molecule has 0 aliphatic heterocycles. The summed E-state index contributed by atoms with van der Waals surface area (Å²) in [6.45, 7) is 5.92. The Morgan fingerprint density at radius 1 is 1.19 bits per heavy atom. The number of nitrogens with zero attached hydrogens (tertiary/aromatic N) is 5. The number of carbonyl (C=O) groups is 1. The molecule has 0 bridgehead atoms. The lowest BCUT2D eigenvalue weighted by Gasteiger charge is -2.24. The number of benzene rings is 1. The highest BCUT2D eigenvalue weighted by Gasteiger charge is 2.22. The highest BCUT2D eigenvalue weighted by molar-refractivity contribution is 5.79. The lowest BCUT2D eigenvalue weighted by atomic mass is 10.1. The molecule has 134 valence electrons. The summed E-state index contributed by atoms with van der Waals surface area (Å²) >= 11 is 0. The van der Waals surface area contributed by atoms with E-state index in [1.807, 2.05) is 61.9 Å². The van der Waals surface area contributed by atoms with Crippen LogP contribution in [0.25, 0.3) is 5.69 Å². The zero-order valence-electron chi connectivity index (χ0n) is 15.5. The summed E-state index contributed by atoms with van der Waals surface area (Å²) in [5, 5.41) is 4.62. The molecular formula is C20H23N5O. The maximum Gasteiger partial charge on any atom is 0.227 e. The SMILES string of the molecule is Cc1nn(-c2ccccc2)c(C)c1CC(=O)N(C)C(C)c1ccncn1. The number of carbonyl (C=O) groups excluding carboxylic acids is 1. The Morgan fingerprint density at radius 3 is 2.58 bits per heavy atom. The fourth-order valence-electron chi connectivity index (χ4n) is 2.99. The third-order valence-electron chi connectivity index (χ3n) is 4.78. The van der Waals surface area contributed by atoms with Crippen LogP contribution in [-0.2, 0) is 11.2 Å². The van der Waals surface area contributed by atoms with Crippen LogP contribution in [0.1, 0.15) is 35.6 Å². The van der Waals surface area contributed by atoms with Gasteiger partial charge in [-0.05, 0) is 39.0 Å². The number of likely N-dealkylation sites (N-methyl/N-ethyl adjacent to an activating group) is 1. The maximum atomic E-state index is 12.8. The van der Waals surface area contributed by atoms with Crippen molar-refractivity contribution in [3.8, 4) is 5.69 Å². The van der Waals surface area contributed by atoms with Crippen LogP contribution in [0.4, 0.5) is 0 Å². The number of amides is 1. The predicted octanol–water partition coefficient (Wildman–Crippen LogP) is 3.04. The molecule has 0 radical (unpaired) electrons. The lowest BCUT2D eigenvalue weighted by molar-refractivity contribution is -0.131. The average Bonchev–Trinajstić information content (AvgIpc) is 2.96. The van der Waals surface area contributed by atoms with Crippen molar-refractivity contribution in [3.05, 3.63) is 71.6 Å². The van der Waals surface area contributed by atoms with Gasteiger partial charge in [-0.1, -0.05) is 18.2 Å². The first-order valence-electron chi connectivity index (χ1n) is 8.61. The molecule has 0 fully saturated rings. The molecule has 3 aromatic rings. The summed E-state index contributed by atoms with van der Waals surface area (Å²) < 4.78 is 1.89. The van der Waals surface area contributed by atoms with Gasteiger partial charge in [-0.25, -0.2) is 14.6 Å². The van der Waals surface area contributed by atoms with Gasteiger partial charge in [-0.3, -0.25) is 4.79 Å². The molecule has 0 spiro atoms. The zero-order valence-corrected chi connectivity index (χ0v) is 15.5. The number of hydrogen-bond donors (Lipinski definition) is 0. The summed E-state index contributed by atoms with van der Waals surface area (Å²) in [5.74, 6) is 0.0370. The van der Waals surface area contributed by atoms with E-state index in [-0.39, 0.29) is 11.9 Å². The second kappa shape index (κ2) is 7.47. The molecule has 1 atom stereocenters. The number of hydrogen-bond acceptors (Lipinski definition) is 4. The van der Waals surface area contributed by atoms with Gasteiger partial charge in [0.15, 0.2) is 0 Å². The van der Waals surface area contributed by atoms with E-state index >= 15 is 0 Å². The van der Waals surface area contributed by atoms with E-state index in [4.69, 9.17) is 0 Å². The van der Waals surface area contributed by atoms with Crippen LogP contribution in [0.3, 0.4) is 0 Å². The van der Waals surface area contributed by atoms with E-state index in [1.165, 1.54) is 6.33 Å². The first-order valence-corrected chi connectivity index (χ1v) is 8.61. The van der Waals surface area contributed by atoms with Crippen LogP contribution in [0, 0.1) is 13.8 Å². The molecular weight excluding hydrogens is 326 g/mol. The van der Waals surface area contributed by atoms with Gasteiger partial charge in [0.2, 0.25) is 5.91 Å². The van der Waals surface area contributed by atoms with Crippen LogP contribution in [0.2, 0.25) is 0 Å². The Labute approximate surface area is 153 Å². The van der Waals surface area contributed by atoms with Crippen molar-refractivity contribution < 1.29 is 4.79 Å². The molecule has 1 aromatic carbocycles.